The van der Waals surface area contributed by atoms with Crippen LogP contribution in [0, 0.1) is 0 Å². The molecule has 0 radical (unpaired) electrons. The molecule has 132 valence electrons. The molecule has 1 aliphatic heterocycles. The fourth-order valence-electron chi connectivity index (χ4n) is 2.65. The molecule has 8 heteroatoms. The second-order valence-electron chi connectivity index (χ2n) is 6.00. The van der Waals surface area contributed by atoms with Crippen molar-refractivity contribution in [2.75, 3.05) is 35.7 Å². The minimum atomic E-state index is -2.99. The lowest BCUT2D eigenvalue weighted by Crippen LogP contribution is -2.38. The number of hydrogen-bond acceptors (Lipinski definition) is 5. The van der Waals surface area contributed by atoms with Crippen LogP contribution in [0.2, 0.25) is 0 Å². The molecular weight excluding hydrogens is 330 g/mol. The Labute approximate surface area is 142 Å². The molecule has 0 saturated carbocycles. The summed E-state index contributed by atoms with van der Waals surface area (Å²) in [6, 6.07) is 6.99. The van der Waals surface area contributed by atoms with E-state index < -0.39 is 9.84 Å². The molecule has 24 heavy (non-hydrogen) atoms. The van der Waals surface area contributed by atoms with Crippen molar-refractivity contribution in [2.24, 2.45) is 0 Å². The van der Waals surface area contributed by atoms with Gasteiger partial charge in [0.15, 0.2) is 9.84 Å². The number of rotatable bonds is 6. The number of benzene rings is 1. The van der Waals surface area contributed by atoms with Gasteiger partial charge in [0.2, 0.25) is 11.8 Å². The first-order valence-corrected chi connectivity index (χ1v) is 9.66. The SMILES string of the molecule is CC(=O)Nc1ccc(NCCC(=O)N(C)C2CCS(=O)(=O)C2)cc1. The van der Waals surface area contributed by atoms with E-state index in [0.717, 1.165) is 5.69 Å². The summed E-state index contributed by atoms with van der Waals surface area (Å²) in [6.07, 6.45) is 0.809. The van der Waals surface area contributed by atoms with Crippen molar-refractivity contribution in [1.82, 2.24) is 4.90 Å². The van der Waals surface area contributed by atoms with Crippen molar-refractivity contribution in [1.29, 1.82) is 0 Å². The molecule has 2 N–H and O–H groups in total. The molecule has 1 saturated heterocycles. The maximum Gasteiger partial charge on any atom is 0.224 e. The average molecular weight is 353 g/mol. The Morgan fingerprint density at radius 1 is 1.21 bits per heavy atom. The zero-order valence-electron chi connectivity index (χ0n) is 13.9. The van der Waals surface area contributed by atoms with Gasteiger partial charge >= 0.3 is 0 Å². The minimum Gasteiger partial charge on any atom is -0.385 e. The summed E-state index contributed by atoms with van der Waals surface area (Å²) in [7, 11) is -1.33. The van der Waals surface area contributed by atoms with Crippen molar-refractivity contribution in [3.05, 3.63) is 24.3 Å². The lowest BCUT2D eigenvalue weighted by Gasteiger charge is -2.23. The van der Waals surface area contributed by atoms with Crippen LogP contribution in [0.1, 0.15) is 19.8 Å². The van der Waals surface area contributed by atoms with Crippen LogP contribution >= 0.6 is 0 Å². The molecule has 2 amide bonds. The average Bonchev–Trinajstić information content (AvgIpc) is 2.87. The van der Waals surface area contributed by atoms with Gasteiger partial charge in [-0.25, -0.2) is 8.42 Å². The minimum absolute atomic E-state index is 0.0628. The third kappa shape index (κ3) is 5.23. The standard InChI is InChI=1S/C16H23N3O4S/c1-12(20)18-14-5-3-13(4-6-14)17-9-7-16(21)19(2)15-8-10-24(22,23)11-15/h3-6,15,17H,7-11H2,1-2H3,(H,18,20). The molecule has 0 bridgehead atoms. The fourth-order valence-corrected chi connectivity index (χ4v) is 4.42. The van der Waals surface area contributed by atoms with Crippen molar-refractivity contribution in [2.45, 2.75) is 25.8 Å². The van der Waals surface area contributed by atoms with E-state index in [4.69, 9.17) is 0 Å². The molecule has 7 nitrogen and oxygen atoms in total. The summed E-state index contributed by atoms with van der Waals surface area (Å²) in [5.74, 6) is 0.0271. The molecule has 0 aliphatic carbocycles. The lowest BCUT2D eigenvalue weighted by molar-refractivity contribution is -0.131. The van der Waals surface area contributed by atoms with Gasteiger partial charge in [-0.2, -0.15) is 0 Å². The van der Waals surface area contributed by atoms with Crippen LogP contribution in [0.15, 0.2) is 24.3 Å². The molecule has 1 fully saturated rings. The van der Waals surface area contributed by atoms with Crippen LogP contribution in [0.5, 0.6) is 0 Å². The highest BCUT2D eigenvalue weighted by Crippen LogP contribution is 2.17. The Bertz CT molecular complexity index is 701. The predicted octanol–water partition coefficient (Wildman–Crippen LogP) is 1.09. The van der Waals surface area contributed by atoms with Crippen LogP contribution in [0.3, 0.4) is 0 Å². The number of sulfone groups is 1. The number of amides is 2. The van der Waals surface area contributed by atoms with E-state index >= 15 is 0 Å². The predicted molar refractivity (Wildman–Crippen MR) is 93.7 cm³/mol. The van der Waals surface area contributed by atoms with Gasteiger partial charge in [0.25, 0.3) is 0 Å². The van der Waals surface area contributed by atoms with Gasteiger partial charge in [0, 0.05) is 44.4 Å². The summed E-state index contributed by atoms with van der Waals surface area (Å²) in [6.45, 7) is 1.91. The van der Waals surface area contributed by atoms with Crippen molar-refractivity contribution in [3.8, 4) is 0 Å². The second-order valence-corrected chi connectivity index (χ2v) is 8.23. The normalized spacial score (nSPS) is 18.8. The Morgan fingerprint density at radius 2 is 1.83 bits per heavy atom. The van der Waals surface area contributed by atoms with E-state index in [2.05, 4.69) is 10.6 Å². The summed E-state index contributed by atoms with van der Waals surface area (Å²) in [4.78, 5) is 24.6. The molecule has 1 aromatic rings. The first-order valence-electron chi connectivity index (χ1n) is 7.84. The molecule has 1 unspecified atom stereocenters. The lowest BCUT2D eigenvalue weighted by atomic mass is 10.2. The zero-order chi connectivity index (χ0) is 17.7. The first-order chi connectivity index (χ1) is 11.3. The zero-order valence-corrected chi connectivity index (χ0v) is 14.7. The van der Waals surface area contributed by atoms with E-state index in [1.165, 1.54) is 6.92 Å². The highest BCUT2D eigenvalue weighted by atomic mass is 32.2. The molecule has 0 aromatic heterocycles. The van der Waals surface area contributed by atoms with E-state index in [1.54, 1.807) is 24.1 Å². The van der Waals surface area contributed by atoms with Crippen LogP contribution < -0.4 is 10.6 Å². The summed E-state index contributed by atoms with van der Waals surface area (Å²) in [5, 5.41) is 5.82. The maximum absolute atomic E-state index is 12.2. The topological polar surface area (TPSA) is 95.6 Å². The number of carbonyl (C=O) groups is 2. The van der Waals surface area contributed by atoms with Crippen molar-refractivity contribution < 1.29 is 18.0 Å². The Hall–Kier alpha value is -2.09. The third-order valence-corrected chi connectivity index (χ3v) is 5.77. The Kier molecular flexibility index (Phi) is 5.82. The van der Waals surface area contributed by atoms with E-state index in [-0.39, 0.29) is 29.4 Å². The second kappa shape index (κ2) is 7.65. The fraction of sp³-hybridized carbons (Fsp3) is 0.500. The smallest absolute Gasteiger partial charge is 0.224 e. The van der Waals surface area contributed by atoms with E-state index in [0.29, 0.717) is 25.1 Å². The molecule has 0 spiro atoms. The van der Waals surface area contributed by atoms with Gasteiger partial charge in [-0.1, -0.05) is 0 Å². The molecule has 1 aliphatic rings. The Balaban J connectivity index is 1.77. The first kappa shape index (κ1) is 18.3. The Morgan fingerprint density at radius 3 is 2.38 bits per heavy atom. The van der Waals surface area contributed by atoms with E-state index in [9.17, 15) is 18.0 Å². The van der Waals surface area contributed by atoms with Crippen LogP contribution in [-0.2, 0) is 19.4 Å². The summed E-state index contributed by atoms with van der Waals surface area (Å²) >= 11 is 0. The van der Waals surface area contributed by atoms with Crippen LogP contribution in [0.4, 0.5) is 11.4 Å². The van der Waals surface area contributed by atoms with Gasteiger partial charge in [-0.15, -0.1) is 0 Å². The highest BCUT2D eigenvalue weighted by Gasteiger charge is 2.32. The quantitative estimate of drug-likeness (QED) is 0.798. The van der Waals surface area contributed by atoms with Crippen LogP contribution in [-0.4, -0.2) is 56.3 Å². The van der Waals surface area contributed by atoms with Gasteiger partial charge in [-0.3, -0.25) is 9.59 Å². The summed E-state index contributed by atoms with van der Waals surface area (Å²) in [5.41, 5.74) is 1.56. The van der Waals surface area contributed by atoms with Gasteiger partial charge in [-0.05, 0) is 30.7 Å². The van der Waals surface area contributed by atoms with Gasteiger partial charge in [0.1, 0.15) is 0 Å². The van der Waals surface area contributed by atoms with Crippen molar-refractivity contribution >= 4 is 33.0 Å². The molecule has 1 atom stereocenters. The number of nitrogens with zero attached hydrogens (tertiary/aromatic N) is 1. The largest absolute Gasteiger partial charge is 0.385 e. The van der Waals surface area contributed by atoms with Gasteiger partial charge in [0.05, 0.1) is 11.5 Å². The van der Waals surface area contributed by atoms with E-state index in [1.807, 2.05) is 12.1 Å². The van der Waals surface area contributed by atoms with Crippen LogP contribution in [0.25, 0.3) is 0 Å². The number of nitrogens with one attached hydrogen (secondary N) is 2. The molecular formula is C16H23N3O4S. The number of anilines is 2. The number of carbonyl (C=O) groups excluding carboxylic acids is 2. The van der Waals surface area contributed by atoms with Crippen molar-refractivity contribution in [3.63, 3.8) is 0 Å². The maximum atomic E-state index is 12.2. The highest BCUT2D eigenvalue weighted by molar-refractivity contribution is 7.91. The third-order valence-electron chi connectivity index (χ3n) is 4.02. The monoisotopic (exact) mass is 353 g/mol. The summed E-state index contributed by atoms with van der Waals surface area (Å²) < 4.78 is 23.0. The molecule has 1 aromatic carbocycles. The number of hydrogen-bond donors (Lipinski definition) is 2. The molecule has 1 heterocycles. The molecule has 2 rings (SSSR count). The van der Waals surface area contributed by atoms with Gasteiger partial charge < -0.3 is 15.5 Å².